The van der Waals surface area contributed by atoms with E-state index in [1.165, 1.54) is 38.5 Å². The third kappa shape index (κ3) is 4.36. The summed E-state index contributed by atoms with van der Waals surface area (Å²) in [5.41, 5.74) is 0.612. The minimum atomic E-state index is -1.40. The number of fused-ring (bicyclic) bond motifs is 7. The molecule has 0 aromatic heterocycles. The Morgan fingerprint density at radius 2 is 1.61 bits per heavy atom. The molecule has 3 saturated heterocycles. The van der Waals surface area contributed by atoms with E-state index in [-0.39, 0.29) is 17.3 Å². The first-order valence-electron chi connectivity index (χ1n) is 16.8. The highest BCUT2D eigenvalue weighted by molar-refractivity contribution is 5.15. The fourth-order valence-electron chi connectivity index (χ4n) is 11.7. The van der Waals surface area contributed by atoms with Crippen molar-refractivity contribution >= 4 is 0 Å². The molecular weight excluding hydrogens is 524 g/mol. The zero-order valence-corrected chi connectivity index (χ0v) is 25.5. The van der Waals surface area contributed by atoms with Gasteiger partial charge in [0.1, 0.15) is 24.4 Å². The predicted molar refractivity (Wildman–Crippen MR) is 150 cm³/mol. The van der Waals surface area contributed by atoms with Crippen LogP contribution in [-0.4, -0.2) is 82.3 Å². The summed E-state index contributed by atoms with van der Waals surface area (Å²) in [6, 6.07) is 0. The zero-order chi connectivity index (χ0) is 28.9. The van der Waals surface area contributed by atoms with Gasteiger partial charge in [0.2, 0.25) is 0 Å². The summed E-state index contributed by atoms with van der Waals surface area (Å²) in [7, 11) is 0. The van der Waals surface area contributed by atoms with E-state index < -0.39 is 37.3 Å². The van der Waals surface area contributed by atoms with Crippen LogP contribution in [0.5, 0.6) is 0 Å². The maximum atomic E-state index is 10.5. The summed E-state index contributed by atoms with van der Waals surface area (Å²) < 4.78 is 25.4. The van der Waals surface area contributed by atoms with Crippen LogP contribution in [0.2, 0.25) is 0 Å². The number of hydrogen-bond acceptors (Lipinski definition) is 8. The standard InChI is InChI=1S/C33H54O8/c1-17-7-12-33(38-16-17)18(2)26-24(41-33)14-23-21-6-5-19-13-20(8-10-31(19,3)22(21)9-11-32(23,26)4)39-30-29(37)28(36)27(35)25(15-34)40-30/h17-30,34-37H,5-16H2,1-4H3/t17-,18-,19+,20-,21+,22-,23-,24-,25+,26-,27?,28?,29?,30+,31-,32-,33+/m0/s1. The number of ether oxygens (including phenoxy) is 4. The summed E-state index contributed by atoms with van der Waals surface area (Å²) in [5, 5.41) is 40.4. The van der Waals surface area contributed by atoms with Crippen molar-refractivity contribution in [2.75, 3.05) is 13.2 Å². The van der Waals surface area contributed by atoms with Gasteiger partial charge < -0.3 is 39.4 Å². The van der Waals surface area contributed by atoms with Crippen LogP contribution in [0.1, 0.15) is 91.9 Å². The first-order chi connectivity index (χ1) is 19.5. The molecule has 8 heteroatoms. The average molecular weight is 579 g/mol. The Balaban J connectivity index is 1.03. The second kappa shape index (κ2) is 10.4. The molecule has 3 unspecified atom stereocenters. The van der Waals surface area contributed by atoms with Gasteiger partial charge in [-0.25, -0.2) is 0 Å². The van der Waals surface area contributed by atoms with Crippen LogP contribution in [0.15, 0.2) is 0 Å². The minimum absolute atomic E-state index is 0.0607. The van der Waals surface area contributed by atoms with E-state index in [0.717, 1.165) is 50.0 Å². The number of hydrogen-bond donors (Lipinski definition) is 4. The van der Waals surface area contributed by atoms with E-state index in [0.29, 0.717) is 35.2 Å². The number of aliphatic hydroxyl groups excluding tert-OH is 4. The number of rotatable bonds is 3. The quantitative estimate of drug-likeness (QED) is 0.375. The molecule has 0 aromatic carbocycles. The molecule has 0 aromatic rings. The fraction of sp³-hybridized carbons (Fsp3) is 1.00. The zero-order valence-electron chi connectivity index (χ0n) is 25.5. The Bertz CT molecular complexity index is 967. The van der Waals surface area contributed by atoms with Crippen molar-refractivity contribution in [2.24, 2.45) is 52.3 Å². The smallest absolute Gasteiger partial charge is 0.186 e. The number of aliphatic hydroxyl groups is 4. The average Bonchev–Trinajstić information content (AvgIpc) is 3.40. The van der Waals surface area contributed by atoms with Crippen molar-refractivity contribution in [2.45, 2.75) is 141 Å². The van der Waals surface area contributed by atoms with Crippen LogP contribution in [0.4, 0.5) is 0 Å². The second-order valence-corrected chi connectivity index (χ2v) is 15.9. The molecule has 234 valence electrons. The SMILES string of the molecule is C[C@H]1CC[C@@]2(OC1)O[C@H]1C[C@H]3[C@@H]4CC[C@@H]5C[C@@H](O[C@@H]6O[C@H](CO)C(O)C(O)C6O)CC[C@]5(C)[C@H]4CC[C@]3(C)[C@H]1[C@@H]2C. The summed E-state index contributed by atoms with van der Waals surface area (Å²) in [6.45, 7) is 10.3. The lowest BCUT2D eigenvalue weighted by atomic mass is 9.44. The maximum absolute atomic E-state index is 10.5. The first-order valence-corrected chi connectivity index (χ1v) is 16.8. The van der Waals surface area contributed by atoms with Gasteiger partial charge in [-0.15, -0.1) is 0 Å². The molecule has 0 bridgehead atoms. The van der Waals surface area contributed by atoms with Gasteiger partial charge in [0.05, 0.1) is 25.4 Å². The molecule has 17 atom stereocenters. The summed E-state index contributed by atoms with van der Waals surface area (Å²) in [6.07, 6.45) is 5.64. The molecular formula is C33H54O8. The molecule has 7 rings (SSSR count). The van der Waals surface area contributed by atoms with Gasteiger partial charge in [-0.1, -0.05) is 27.7 Å². The van der Waals surface area contributed by atoms with E-state index in [1.54, 1.807) is 0 Å². The summed E-state index contributed by atoms with van der Waals surface area (Å²) >= 11 is 0. The lowest BCUT2D eigenvalue weighted by Gasteiger charge is -2.61. The highest BCUT2D eigenvalue weighted by atomic mass is 16.7. The van der Waals surface area contributed by atoms with E-state index in [2.05, 4.69) is 27.7 Å². The molecule has 1 spiro atoms. The van der Waals surface area contributed by atoms with Crippen molar-refractivity contribution < 1.29 is 39.4 Å². The lowest BCUT2D eigenvalue weighted by molar-refractivity contribution is -0.316. The van der Waals surface area contributed by atoms with Gasteiger partial charge >= 0.3 is 0 Å². The highest BCUT2D eigenvalue weighted by Crippen LogP contribution is 2.71. The van der Waals surface area contributed by atoms with Gasteiger partial charge in [-0.2, -0.15) is 0 Å². The fourth-order valence-corrected chi connectivity index (χ4v) is 11.7. The van der Waals surface area contributed by atoms with E-state index in [9.17, 15) is 20.4 Å². The molecule has 8 nitrogen and oxygen atoms in total. The summed E-state index contributed by atoms with van der Waals surface area (Å²) in [5.74, 6) is 4.08. The first kappa shape index (κ1) is 29.4. The Morgan fingerprint density at radius 1 is 0.829 bits per heavy atom. The third-order valence-electron chi connectivity index (χ3n) is 14.1. The molecule has 0 radical (unpaired) electrons. The van der Waals surface area contributed by atoms with Crippen LogP contribution in [-0.2, 0) is 18.9 Å². The minimum Gasteiger partial charge on any atom is -0.394 e. The molecule has 4 N–H and O–H groups in total. The molecule has 3 aliphatic heterocycles. The monoisotopic (exact) mass is 578 g/mol. The molecule has 7 fully saturated rings. The second-order valence-electron chi connectivity index (χ2n) is 15.9. The van der Waals surface area contributed by atoms with Crippen molar-refractivity contribution in [3.8, 4) is 0 Å². The van der Waals surface area contributed by atoms with Crippen LogP contribution in [0.3, 0.4) is 0 Å². The topological polar surface area (TPSA) is 118 Å². The van der Waals surface area contributed by atoms with Crippen molar-refractivity contribution in [1.29, 1.82) is 0 Å². The van der Waals surface area contributed by atoms with Crippen LogP contribution < -0.4 is 0 Å². The molecule has 0 amide bonds. The Morgan fingerprint density at radius 3 is 2.34 bits per heavy atom. The predicted octanol–water partition coefficient (Wildman–Crippen LogP) is 3.62. The maximum Gasteiger partial charge on any atom is 0.186 e. The van der Waals surface area contributed by atoms with Crippen LogP contribution >= 0.6 is 0 Å². The molecule has 4 saturated carbocycles. The van der Waals surface area contributed by atoms with Crippen LogP contribution in [0.25, 0.3) is 0 Å². The highest BCUT2D eigenvalue weighted by Gasteiger charge is 2.69. The largest absolute Gasteiger partial charge is 0.394 e. The normalized spacial score (nSPS) is 60.3. The molecule has 41 heavy (non-hydrogen) atoms. The lowest BCUT2D eigenvalue weighted by Crippen LogP contribution is -2.60. The van der Waals surface area contributed by atoms with Gasteiger partial charge in [-0.3, -0.25) is 0 Å². The molecule has 3 heterocycles. The van der Waals surface area contributed by atoms with Gasteiger partial charge in [0.15, 0.2) is 12.1 Å². The Hall–Kier alpha value is -0.320. The summed E-state index contributed by atoms with van der Waals surface area (Å²) in [4.78, 5) is 0. The van der Waals surface area contributed by atoms with Crippen LogP contribution in [0, 0.1) is 52.3 Å². The van der Waals surface area contributed by atoms with Gasteiger partial charge in [0.25, 0.3) is 0 Å². The van der Waals surface area contributed by atoms with E-state index in [1.807, 2.05) is 0 Å². The van der Waals surface area contributed by atoms with Gasteiger partial charge in [0, 0.05) is 12.3 Å². The van der Waals surface area contributed by atoms with Gasteiger partial charge in [-0.05, 0) is 104 Å². The molecule has 4 aliphatic carbocycles. The van der Waals surface area contributed by atoms with Crippen molar-refractivity contribution in [3.63, 3.8) is 0 Å². The Labute approximate surface area is 245 Å². The molecule has 7 aliphatic rings. The van der Waals surface area contributed by atoms with E-state index in [4.69, 9.17) is 18.9 Å². The van der Waals surface area contributed by atoms with Crippen molar-refractivity contribution in [3.05, 3.63) is 0 Å². The van der Waals surface area contributed by atoms with E-state index >= 15 is 0 Å². The van der Waals surface area contributed by atoms with Crippen molar-refractivity contribution in [1.82, 2.24) is 0 Å². The third-order valence-corrected chi connectivity index (χ3v) is 14.1. The Kier molecular flexibility index (Phi) is 7.43.